The van der Waals surface area contributed by atoms with Crippen molar-refractivity contribution in [1.29, 1.82) is 5.26 Å². The van der Waals surface area contributed by atoms with Crippen molar-refractivity contribution < 1.29 is 13.0 Å². The molecule has 1 radical (unpaired) electrons. The summed E-state index contributed by atoms with van der Waals surface area (Å²) in [6.45, 7) is 0. The molecule has 1 rings (SSSR count). The van der Waals surface area contributed by atoms with E-state index >= 15 is 0 Å². The van der Waals surface area contributed by atoms with Gasteiger partial charge in [0.25, 0.3) is 0 Å². The summed E-state index contributed by atoms with van der Waals surface area (Å²) in [4.78, 5) is -0.318. The molecule has 0 amide bonds. The molecule has 0 aliphatic heterocycles. The molecule has 12 heavy (non-hydrogen) atoms. The molecule has 0 aliphatic carbocycles. The molecule has 0 saturated heterocycles. The first-order valence-corrected chi connectivity index (χ1v) is 4.41. The number of rotatable bonds is 1. The van der Waals surface area contributed by atoms with Gasteiger partial charge in [-0.2, -0.15) is 13.7 Å². The van der Waals surface area contributed by atoms with E-state index in [1.165, 1.54) is 12.1 Å². The van der Waals surface area contributed by atoms with Crippen molar-refractivity contribution >= 4 is 10.1 Å². The van der Waals surface area contributed by atoms with Crippen LogP contribution in [0.5, 0.6) is 0 Å². The van der Waals surface area contributed by atoms with Crippen LogP contribution in [0.2, 0.25) is 0 Å². The summed E-state index contributed by atoms with van der Waals surface area (Å²) in [6.07, 6.45) is 0. The van der Waals surface area contributed by atoms with Crippen LogP contribution >= 0.6 is 0 Å². The minimum atomic E-state index is -4.39. The third-order valence-electron chi connectivity index (χ3n) is 1.27. The van der Waals surface area contributed by atoms with Crippen molar-refractivity contribution in [2.45, 2.75) is 4.90 Å². The molecule has 0 spiro atoms. The average molecular weight is 182 g/mol. The van der Waals surface area contributed by atoms with Crippen molar-refractivity contribution in [1.82, 2.24) is 0 Å². The quantitative estimate of drug-likeness (QED) is 0.640. The van der Waals surface area contributed by atoms with Crippen LogP contribution in [0.4, 0.5) is 0 Å². The molecule has 0 bridgehead atoms. The lowest BCUT2D eigenvalue weighted by atomic mass is 10.2. The maximum atomic E-state index is 10.4. The maximum absolute atomic E-state index is 10.4. The fourth-order valence-electron chi connectivity index (χ4n) is 0.696. The second kappa shape index (κ2) is 2.93. The molecular weight excluding hydrogens is 178 g/mol. The standard InChI is InChI=1S/C7H4NO3S/c8-5-6-1-3-7(4-2-6)12(9,10)11/h1-4H. The predicted octanol–water partition coefficient (Wildman–Crippen LogP) is 0.677. The van der Waals surface area contributed by atoms with Gasteiger partial charge in [0, 0.05) is 0 Å². The number of nitriles is 1. The van der Waals surface area contributed by atoms with Crippen molar-refractivity contribution in [3.05, 3.63) is 29.8 Å². The second-order valence-electron chi connectivity index (χ2n) is 2.09. The van der Waals surface area contributed by atoms with E-state index < -0.39 is 10.1 Å². The molecule has 4 nitrogen and oxygen atoms in total. The van der Waals surface area contributed by atoms with Crippen LogP contribution in [0.15, 0.2) is 29.2 Å². The van der Waals surface area contributed by atoms with E-state index in [0.717, 1.165) is 12.1 Å². The van der Waals surface area contributed by atoms with Gasteiger partial charge in [0.1, 0.15) is 0 Å². The van der Waals surface area contributed by atoms with E-state index in [9.17, 15) is 13.0 Å². The third-order valence-corrected chi connectivity index (χ3v) is 2.12. The van der Waals surface area contributed by atoms with E-state index in [4.69, 9.17) is 5.26 Å². The summed E-state index contributed by atoms with van der Waals surface area (Å²) in [7, 11) is -4.39. The molecule has 61 valence electrons. The minimum absolute atomic E-state index is 0.318. The molecular formula is C7H4NO3S. The lowest BCUT2D eigenvalue weighted by molar-refractivity contribution is 0.414. The molecule has 0 N–H and O–H groups in total. The summed E-state index contributed by atoms with van der Waals surface area (Å²) < 4.78 is 31.2. The Labute approximate surface area is 69.8 Å². The molecule has 0 saturated carbocycles. The second-order valence-corrected chi connectivity index (χ2v) is 3.47. The lowest BCUT2D eigenvalue weighted by Crippen LogP contribution is -1.95. The van der Waals surface area contributed by atoms with E-state index in [1.54, 1.807) is 0 Å². The van der Waals surface area contributed by atoms with Crippen molar-refractivity contribution in [2.75, 3.05) is 0 Å². The molecule has 0 aliphatic rings. The van der Waals surface area contributed by atoms with Crippen LogP contribution in [0.25, 0.3) is 0 Å². The molecule has 0 atom stereocenters. The highest BCUT2D eigenvalue weighted by atomic mass is 32.2. The van der Waals surface area contributed by atoms with Gasteiger partial charge >= 0.3 is 10.1 Å². The zero-order valence-electron chi connectivity index (χ0n) is 5.89. The van der Waals surface area contributed by atoms with Gasteiger partial charge in [-0.3, -0.25) is 0 Å². The van der Waals surface area contributed by atoms with Gasteiger partial charge in [-0.05, 0) is 24.3 Å². The van der Waals surface area contributed by atoms with Gasteiger partial charge in [-0.1, -0.05) is 4.55 Å². The molecule has 0 heterocycles. The van der Waals surface area contributed by atoms with E-state index in [1.807, 2.05) is 6.07 Å². The van der Waals surface area contributed by atoms with Gasteiger partial charge < -0.3 is 0 Å². The Morgan fingerprint density at radius 3 is 2.00 bits per heavy atom. The normalized spacial score (nSPS) is 10.7. The first-order chi connectivity index (χ1) is 5.54. The predicted molar refractivity (Wildman–Crippen MR) is 39.0 cm³/mol. The first kappa shape index (κ1) is 8.71. The smallest absolute Gasteiger partial charge is 0.192 e. The zero-order valence-corrected chi connectivity index (χ0v) is 6.71. The van der Waals surface area contributed by atoms with Crippen LogP contribution in [0.1, 0.15) is 5.56 Å². The first-order valence-electron chi connectivity index (χ1n) is 3.00. The number of hydrogen-bond acceptors (Lipinski definition) is 3. The van der Waals surface area contributed by atoms with Crippen molar-refractivity contribution in [3.63, 3.8) is 0 Å². The highest BCUT2D eigenvalue weighted by Gasteiger charge is 2.09. The largest absolute Gasteiger partial charge is 0.324 e. The van der Waals surface area contributed by atoms with E-state index in [0.29, 0.717) is 5.56 Å². The van der Waals surface area contributed by atoms with Gasteiger partial charge in [0.15, 0.2) is 0 Å². The van der Waals surface area contributed by atoms with Crippen LogP contribution in [0.3, 0.4) is 0 Å². The summed E-state index contributed by atoms with van der Waals surface area (Å²) in [5.41, 5.74) is 0.322. The fraction of sp³-hybridized carbons (Fsp3) is 0. The highest BCUT2D eigenvalue weighted by Crippen LogP contribution is 2.09. The average Bonchev–Trinajstić information content (AvgIpc) is 2.03. The minimum Gasteiger partial charge on any atom is -0.192 e. The summed E-state index contributed by atoms with van der Waals surface area (Å²) in [6, 6.07) is 6.60. The number of benzene rings is 1. The monoisotopic (exact) mass is 182 g/mol. The van der Waals surface area contributed by atoms with Gasteiger partial charge in [-0.15, -0.1) is 0 Å². The molecule has 1 aromatic rings. The number of hydrogen-bond donors (Lipinski definition) is 0. The Kier molecular flexibility index (Phi) is 2.13. The third kappa shape index (κ3) is 1.81. The summed E-state index contributed by atoms with van der Waals surface area (Å²) >= 11 is 0. The van der Waals surface area contributed by atoms with Gasteiger partial charge in [0.2, 0.25) is 0 Å². The Balaban J connectivity index is 3.20. The highest BCUT2D eigenvalue weighted by molar-refractivity contribution is 7.85. The van der Waals surface area contributed by atoms with Crippen LogP contribution in [0, 0.1) is 11.3 Å². The number of nitrogens with zero attached hydrogens (tertiary/aromatic N) is 1. The molecule has 5 heteroatoms. The Morgan fingerprint density at radius 1 is 1.17 bits per heavy atom. The van der Waals surface area contributed by atoms with Crippen molar-refractivity contribution in [3.8, 4) is 6.07 Å². The van der Waals surface area contributed by atoms with Gasteiger partial charge in [0.05, 0.1) is 16.5 Å². The summed E-state index contributed by atoms with van der Waals surface area (Å²) in [5, 5.41) is 8.35. The van der Waals surface area contributed by atoms with Crippen LogP contribution in [-0.4, -0.2) is 8.42 Å². The van der Waals surface area contributed by atoms with Crippen LogP contribution in [-0.2, 0) is 14.7 Å². The fourth-order valence-corrected chi connectivity index (χ4v) is 1.17. The molecule has 0 fully saturated rings. The Bertz CT molecular complexity index is 413. The summed E-state index contributed by atoms with van der Waals surface area (Å²) in [5.74, 6) is 0. The Morgan fingerprint density at radius 2 is 1.67 bits per heavy atom. The van der Waals surface area contributed by atoms with Crippen molar-refractivity contribution in [2.24, 2.45) is 0 Å². The SMILES string of the molecule is N#Cc1ccc(S([O])(=O)=O)cc1. The Hall–Kier alpha value is -1.38. The molecule has 0 unspecified atom stereocenters. The molecule has 1 aromatic carbocycles. The van der Waals surface area contributed by atoms with Crippen LogP contribution < -0.4 is 0 Å². The van der Waals surface area contributed by atoms with Gasteiger partial charge in [-0.25, -0.2) is 0 Å². The topological polar surface area (TPSA) is 77.8 Å². The van der Waals surface area contributed by atoms with E-state index in [2.05, 4.69) is 0 Å². The maximum Gasteiger partial charge on any atom is 0.324 e. The lowest BCUT2D eigenvalue weighted by Gasteiger charge is -1.92. The van der Waals surface area contributed by atoms with E-state index in [-0.39, 0.29) is 4.90 Å². The molecule has 0 aromatic heterocycles. The zero-order chi connectivity index (χ0) is 9.19.